The van der Waals surface area contributed by atoms with E-state index in [0.717, 1.165) is 40.2 Å². The number of allylic oxidation sites excluding steroid dienone is 1. The Labute approximate surface area is 222 Å². The topological polar surface area (TPSA) is 71.8 Å². The van der Waals surface area contributed by atoms with E-state index in [9.17, 15) is 4.79 Å². The first-order chi connectivity index (χ1) is 17.9. The Bertz CT molecular complexity index is 1460. The number of rotatable bonds is 7. The summed E-state index contributed by atoms with van der Waals surface area (Å²) < 4.78 is 1.85. The van der Waals surface area contributed by atoms with Gasteiger partial charge in [-0.25, -0.2) is 4.68 Å². The molecule has 188 valence electrons. The summed E-state index contributed by atoms with van der Waals surface area (Å²) in [7, 11) is 0. The van der Waals surface area contributed by atoms with Gasteiger partial charge in [-0.3, -0.25) is 4.79 Å². The summed E-state index contributed by atoms with van der Waals surface area (Å²) in [6.45, 7) is 8.12. The van der Waals surface area contributed by atoms with Crippen LogP contribution < -0.4 is 10.6 Å². The van der Waals surface area contributed by atoms with Crippen LogP contribution >= 0.6 is 11.8 Å². The summed E-state index contributed by atoms with van der Waals surface area (Å²) in [5.41, 5.74) is 7.84. The zero-order chi connectivity index (χ0) is 25.9. The lowest BCUT2D eigenvalue weighted by molar-refractivity contribution is -0.113. The Morgan fingerprint density at radius 3 is 2.46 bits per heavy atom. The van der Waals surface area contributed by atoms with Gasteiger partial charge >= 0.3 is 0 Å². The Kier molecular flexibility index (Phi) is 7.15. The number of hydrogen-bond acceptors (Lipinski definition) is 5. The van der Waals surface area contributed by atoms with Crippen LogP contribution in [0.25, 0.3) is 0 Å². The van der Waals surface area contributed by atoms with Crippen LogP contribution in [0.2, 0.25) is 0 Å². The maximum atomic E-state index is 13.8. The largest absolute Gasteiger partial charge is 0.328 e. The second-order valence-corrected chi connectivity index (χ2v) is 10.3. The molecule has 0 aliphatic carbocycles. The van der Waals surface area contributed by atoms with Crippen molar-refractivity contribution in [2.45, 2.75) is 51.1 Å². The van der Waals surface area contributed by atoms with Gasteiger partial charge in [0.05, 0.1) is 5.57 Å². The molecule has 0 radical (unpaired) electrons. The minimum atomic E-state index is -0.397. The zero-order valence-electron chi connectivity index (χ0n) is 21.6. The van der Waals surface area contributed by atoms with Crippen molar-refractivity contribution in [3.63, 3.8) is 0 Å². The van der Waals surface area contributed by atoms with E-state index in [0.29, 0.717) is 16.7 Å². The molecule has 2 N–H and O–H groups in total. The van der Waals surface area contributed by atoms with Crippen LogP contribution in [0.5, 0.6) is 0 Å². The Morgan fingerprint density at radius 2 is 1.76 bits per heavy atom. The predicted molar refractivity (Wildman–Crippen MR) is 151 cm³/mol. The highest BCUT2D eigenvalue weighted by atomic mass is 32.2. The summed E-state index contributed by atoms with van der Waals surface area (Å²) in [4.78, 5) is 18.5. The molecule has 1 aromatic heterocycles. The molecule has 0 unspecified atom stereocenters. The number of amides is 1. The molecular formula is C30H31N5OS. The van der Waals surface area contributed by atoms with Crippen molar-refractivity contribution in [3.8, 4) is 0 Å². The lowest BCUT2D eigenvalue weighted by atomic mass is 9.94. The summed E-state index contributed by atoms with van der Waals surface area (Å²) in [6, 6.07) is 24.3. The average Bonchev–Trinajstić information content (AvgIpc) is 3.31. The standard InChI is InChI=1S/C30H31N5OS/c1-5-22-12-14-24(15-13-22)27-26(28(36)32-25-16-11-19(2)17-20(25)3)21(4)31-29-33-30(34-35(27)29)37-18-23-9-7-6-8-10-23/h6-17,27H,5,18H2,1-4H3,(H,32,36)(H,31,33,34)/t27-/m0/s1. The number of carbonyl (C=O) groups excluding carboxylic acids is 1. The van der Waals surface area contributed by atoms with Gasteiger partial charge in [-0.15, -0.1) is 5.10 Å². The van der Waals surface area contributed by atoms with Gasteiger partial charge in [-0.1, -0.05) is 91.0 Å². The first kappa shape index (κ1) is 24.8. The summed E-state index contributed by atoms with van der Waals surface area (Å²) in [6.07, 6.45) is 0.955. The highest BCUT2D eigenvalue weighted by molar-refractivity contribution is 7.98. The molecule has 1 aliphatic heterocycles. The van der Waals surface area contributed by atoms with Gasteiger partial charge in [0.2, 0.25) is 11.1 Å². The fourth-order valence-electron chi connectivity index (χ4n) is 4.60. The molecule has 0 spiro atoms. The highest BCUT2D eigenvalue weighted by Gasteiger charge is 2.34. The molecule has 1 amide bonds. The zero-order valence-corrected chi connectivity index (χ0v) is 22.4. The number of aromatic nitrogens is 3. The van der Waals surface area contributed by atoms with Crippen LogP contribution in [0.4, 0.5) is 11.6 Å². The van der Waals surface area contributed by atoms with Crippen LogP contribution in [0.3, 0.4) is 0 Å². The van der Waals surface area contributed by atoms with Crippen molar-refractivity contribution in [2.24, 2.45) is 0 Å². The maximum Gasteiger partial charge on any atom is 0.255 e. The number of benzene rings is 3. The van der Waals surface area contributed by atoms with Gasteiger partial charge in [0.15, 0.2) is 0 Å². The number of nitrogens with zero attached hydrogens (tertiary/aromatic N) is 3. The molecule has 4 aromatic rings. The smallest absolute Gasteiger partial charge is 0.255 e. The molecule has 0 saturated carbocycles. The second-order valence-electron chi connectivity index (χ2n) is 9.37. The normalized spacial score (nSPS) is 14.8. The SMILES string of the molecule is CCc1ccc([C@H]2C(C(=O)Nc3ccc(C)cc3C)=C(C)Nc3nc(SCc4ccccc4)nn32)cc1. The molecular weight excluding hydrogens is 478 g/mol. The van der Waals surface area contributed by atoms with Crippen molar-refractivity contribution in [2.75, 3.05) is 10.6 Å². The van der Waals surface area contributed by atoms with Crippen LogP contribution in [0.15, 0.2) is 89.2 Å². The van der Waals surface area contributed by atoms with E-state index in [-0.39, 0.29) is 5.91 Å². The van der Waals surface area contributed by atoms with Gasteiger partial charge in [0.1, 0.15) is 6.04 Å². The van der Waals surface area contributed by atoms with Gasteiger partial charge in [-0.05, 0) is 55.5 Å². The van der Waals surface area contributed by atoms with E-state index in [1.807, 2.05) is 55.8 Å². The van der Waals surface area contributed by atoms with E-state index in [4.69, 9.17) is 10.1 Å². The molecule has 5 rings (SSSR count). The van der Waals surface area contributed by atoms with E-state index in [1.165, 1.54) is 11.1 Å². The molecule has 0 bridgehead atoms. The van der Waals surface area contributed by atoms with Crippen LogP contribution in [-0.2, 0) is 17.0 Å². The number of anilines is 2. The Balaban J connectivity index is 1.50. The molecule has 6 nitrogen and oxygen atoms in total. The van der Waals surface area contributed by atoms with Crippen molar-refractivity contribution >= 4 is 29.3 Å². The van der Waals surface area contributed by atoms with Gasteiger partial charge in [0.25, 0.3) is 5.91 Å². The summed E-state index contributed by atoms with van der Waals surface area (Å²) >= 11 is 1.58. The Morgan fingerprint density at radius 1 is 1.00 bits per heavy atom. The van der Waals surface area contributed by atoms with Crippen LogP contribution in [0.1, 0.15) is 47.7 Å². The number of thioether (sulfide) groups is 1. The molecule has 0 fully saturated rings. The van der Waals surface area contributed by atoms with E-state index in [2.05, 4.69) is 60.0 Å². The third kappa shape index (κ3) is 5.32. The molecule has 1 atom stereocenters. The first-order valence-electron chi connectivity index (χ1n) is 12.5. The van der Waals surface area contributed by atoms with Gasteiger partial charge in [0, 0.05) is 17.1 Å². The molecule has 0 saturated heterocycles. The fourth-order valence-corrected chi connectivity index (χ4v) is 5.38. The summed E-state index contributed by atoms with van der Waals surface area (Å²) in [5, 5.41) is 12.0. The predicted octanol–water partition coefficient (Wildman–Crippen LogP) is 6.68. The second kappa shape index (κ2) is 10.6. The number of aryl methyl sites for hydroxylation is 3. The lowest BCUT2D eigenvalue weighted by Crippen LogP contribution is -2.31. The van der Waals surface area contributed by atoms with E-state index < -0.39 is 6.04 Å². The number of nitrogens with one attached hydrogen (secondary N) is 2. The summed E-state index contributed by atoms with van der Waals surface area (Å²) in [5.74, 6) is 1.26. The van der Waals surface area contributed by atoms with Crippen molar-refractivity contribution in [1.82, 2.24) is 14.8 Å². The molecule has 2 heterocycles. The minimum absolute atomic E-state index is 0.152. The minimum Gasteiger partial charge on any atom is -0.328 e. The number of carbonyl (C=O) groups is 1. The molecule has 1 aliphatic rings. The Hall–Kier alpha value is -3.84. The van der Waals surface area contributed by atoms with E-state index >= 15 is 0 Å². The van der Waals surface area contributed by atoms with Crippen LogP contribution in [0, 0.1) is 13.8 Å². The van der Waals surface area contributed by atoms with Crippen LogP contribution in [-0.4, -0.2) is 20.7 Å². The highest BCUT2D eigenvalue weighted by Crippen LogP contribution is 2.37. The van der Waals surface area contributed by atoms with Crippen molar-refractivity contribution in [1.29, 1.82) is 0 Å². The number of fused-ring (bicyclic) bond motifs is 1. The van der Waals surface area contributed by atoms with Crippen molar-refractivity contribution in [3.05, 3.63) is 112 Å². The molecule has 7 heteroatoms. The monoisotopic (exact) mass is 509 g/mol. The van der Waals surface area contributed by atoms with E-state index in [1.54, 1.807) is 11.8 Å². The van der Waals surface area contributed by atoms with Crippen molar-refractivity contribution < 1.29 is 4.79 Å². The lowest BCUT2D eigenvalue weighted by Gasteiger charge is -2.29. The molecule has 3 aromatic carbocycles. The first-order valence-corrected chi connectivity index (χ1v) is 13.5. The number of hydrogen-bond donors (Lipinski definition) is 2. The molecule has 37 heavy (non-hydrogen) atoms. The average molecular weight is 510 g/mol. The van der Waals surface area contributed by atoms with Gasteiger partial charge in [-0.2, -0.15) is 4.98 Å². The third-order valence-electron chi connectivity index (χ3n) is 6.62. The fraction of sp³-hybridized carbons (Fsp3) is 0.233. The quantitative estimate of drug-likeness (QED) is 0.272. The van der Waals surface area contributed by atoms with Gasteiger partial charge < -0.3 is 10.6 Å². The third-order valence-corrected chi connectivity index (χ3v) is 7.53. The maximum absolute atomic E-state index is 13.8.